The van der Waals surface area contributed by atoms with E-state index in [1.165, 1.54) is 11.9 Å². The van der Waals surface area contributed by atoms with E-state index in [0.717, 1.165) is 4.90 Å². The zero-order chi connectivity index (χ0) is 13.9. The van der Waals surface area contributed by atoms with Gasteiger partial charge in [0.15, 0.2) is 0 Å². The van der Waals surface area contributed by atoms with Crippen molar-refractivity contribution in [3.63, 3.8) is 0 Å². The summed E-state index contributed by atoms with van der Waals surface area (Å²) in [6, 6.07) is -1.96. The van der Waals surface area contributed by atoms with Crippen LogP contribution in [-0.4, -0.2) is 58.5 Å². The van der Waals surface area contributed by atoms with Crippen molar-refractivity contribution in [2.24, 2.45) is 5.73 Å². The minimum absolute atomic E-state index is 0.312. The summed E-state index contributed by atoms with van der Waals surface area (Å²) in [5.41, 5.74) is 5.23. The van der Waals surface area contributed by atoms with Crippen LogP contribution in [0, 0.1) is 0 Å². The molecule has 102 valence electrons. The number of primary amides is 1. The second kappa shape index (κ2) is 5.70. The molecule has 2 unspecified atom stereocenters. The Kier molecular flexibility index (Phi) is 4.52. The van der Waals surface area contributed by atoms with Crippen LogP contribution in [-0.2, 0) is 9.59 Å². The summed E-state index contributed by atoms with van der Waals surface area (Å²) < 4.78 is 0. The Morgan fingerprint density at radius 1 is 1.50 bits per heavy atom. The fourth-order valence-electron chi connectivity index (χ4n) is 2.24. The number of likely N-dealkylation sites (N-methyl/N-ethyl adjacent to an activating group) is 1. The molecule has 1 heterocycles. The molecule has 1 aliphatic rings. The van der Waals surface area contributed by atoms with Crippen molar-refractivity contribution in [2.45, 2.75) is 38.3 Å². The van der Waals surface area contributed by atoms with Crippen LogP contribution in [0.1, 0.15) is 26.2 Å². The third-order valence-corrected chi connectivity index (χ3v) is 3.27. The number of carbonyl (C=O) groups is 3. The molecule has 1 rings (SSSR count). The molecule has 0 radical (unpaired) electrons. The highest BCUT2D eigenvalue weighted by molar-refractivity contribution is 5.88. The SMILES string of the molecule is CCC(C(=O)O)N(C)C(=O)N1CCCC1C(N)=O. The van der Waals surface area contributed by atoms with Gasteiger partial charge in [-0.15, -0.1) is 0 Å². The van der Waals surface area contributed by atoms with Crippen LogP contribution >= 0.6 is 0 Å². The van der Waals surface area contributed by atoms with E-state index in [9.17, 15) is 14.4 Å². The molecule has 18 heavy (non-hydrogen) atoms. The number of urea groups is 1. The van der Waals surface area contributed by atoms with E-state index in [1.807, 2.05) is 0 Å². The number of aliphatic carboxylic acids is 1. The average molecular weight is 257 g/mol. The van der Waals surface area contributed by atoms with E-state index in [1.54, 1.807) is 6.92 Å². The van der Waals surface area contributed by atoms with Crippen molar-refractivity contribution in [1.82, 2.24) is 9.80 Å². The number of hydrogen-bond acceptors (Lipinski definition) is 3. The van der Waals surface area contributed by atoms with E-state index in [0.29, 0.717) is 25.8 Å². The van der Waals surface area contributed by atoms with Gasteiger partial charge in [0.1, 0.15) is 12.1 Å². The molecule has 1 fully saturated rings. The Hall–Kier alpha value is -1.79. The van der Waals surface area contributed by atoms with E-state index in [4.69, 9.17) is 10.8 Å². The van der Waals surface area contributed by atoms with Crippen molar-refractivity contribution in [1.29, 1.82) is 0 Å². The lowest BCUT2D eigenvalue weighted by molar-refractivity contribution is -0.142. The molecule has 0 saturated carbocycles. The molecule has 0 aromatic carbocycles. The van der Waals surface area contributed by atoms with Crippen LogP contribution in [0.2, 0.25) is 0 Å². The average Bonchev–Trinajstić information content (AvgIpc) is 2.77. The van der Waals surface area contributed by atoms with E-state index in [-0.39, 0.29) is 0 Å². The topological polar surface area (TPSA) is 104 Å². The molecule has 7 heteroatoms. The molecule has 0 spiro atoms. The van der Waals surface area contributed by atoms with Gasteiger partial charge in [0.2, 0.25) is 5.91 Å². The highest BCUT2D eigenvalue weighted by atomic mass is 16.4. The van der Waals surface area contributed by atoms with Gasteiger partial charge in [0, 0.05) is 13.6 Å². The number of amides is 3. The van der Waals surface area contributed by atoms with Gasteiger partial charge in [0.05, 0.1) is 0 Å². The van der Waals surface area contributed by atoms with Crippen LogP contribution in [0.3, 0.4) is 0 Å². The smallest absolute Gasteiger partial charge is 0.326 e. The predicted octanol–water partition coefficient (Wildman–Crippen LogP) is -0.149. The van der Waals surface area contributed by atoms with E-state index >= 15 is 0 Å². The summed E-state index contributed by atoms with van der Waals surface area (Å²) in [4.78, 5) is 36.9. The number of carbonyl (C=O) groups excluding carboxylic acids is 2. The fourth-order valence-corrected chi connectivity index (χ4v) is 2.24. The van der Waals surface area contributed by atoms with Gasteiger partial charge in [0.25, 0.3) is 0 Å². The first-order valence-corrected chi connectivity index (χ1v) is 5.95. The third kappa shape index (κ3) is 2.72. The summed E-state index contributed by atoms with van der Waals surface area (Å²) in [6.45, 7) is 2.13. The maximum atomic E-state index is 12.1. The van der Waals surface area contributed by atoms with Crippen LogP contribution in [0.25, 0.3) is 0 Å². The lowest BCUT2D eigenvalue weighted by Gasteiger charge is -2.31. The number of nitrogens with zero attached hydrogens (tertiary/aromatic N) is 2. The normalized spacial score (nSPS) is 20.6. The molecular weight excluding hydrogens is 238 g/mol. The minimum atomic E-state index is -1.05. The number of nitrogens with two attached hydrogens (primary N) is 1. The molecule has 0 bridgehead atoms. The summed E-state index contributed by atoms with van der Waals surface area (Å²) in [5.74, 6) is -1.60. The van der Waals surface area contributed by atoms with Crippen LogP contribution in [0.5, 0.6) is 0 Å². The molecule has 0 aromatic rings. The Bertz CT molecular complexity index is 358. The van der Waals surface area contributed by atoms with Gasteiger partial charge in [-0.05, 0) is 19.3 Å². The minimum Gasteiger partial charge on any atom is -0.480 e. The fraction of sp³-hybridized carbons (Fsp3) is 0.727. The summed E-state index contributed by atoms with van der Waals surface area (Å²) in [5, 5.41) is 9.01. The van der Waals surface area contributed by atoms with Crippen molar-refractivity contribution in [2.75, 3.05) is 13.6 Å². The first-order valence-electron chi connectivity index (χ1n) is 5.95. The van der Waals surface area contributed by atoms with Crippen molar-refractivity contribution in [3.05, 3.63) is 0 Å². The summed E-state index contributed by atoms with van der Waals surface area (Å²) >= 11 is 0. The summed E-state index contributed by atoms with van der Waals surface area (Å²) in [6.07, 6.45) is 1.56. The Morgan fingerprint density at radius 2 is 2.11 bits per heavy atom. The Morgan fingerprint density at radius 3 is 2.56 bits per heavy atom. The Balaban J connectivity index is 2.80. The number of carboxylic acids is 1. The second-order valence-electron chi connectivity index (χ2n) is 4.41. The quantitative estimate of drug-likeness (QED) is 0.730. The number of carboxylic acid groups (broad SMARTS) is 1. The zero-order valence-corrected chi connectivity index (χ0v) is 10.6. The first-order chi connectivity index (χ1) is 8.40. The first kappa shape index (κ1) is 14.3. The van der Waals surface area contributed by atoms with Crippen LogP contribution in [0.4, 0.5) is 4.79 Å². The van der Waals surface area contributed by atoms with E-state index < -0.39 is 30.0 Å². The van der Waals surface area contributed by atoms with Gasteiger partial charge < -0.3 is 20.6 Å². The highest BCUT2D eigenvalue weighted by Crippen LogP contribution is 2.19. The maximum absolute atomic E-state index is 12.1. The van der Waals surface area contributed by atoms with Crippen molar-refractivity contribution >= 4 is 17.9 Å². The number of hydrogen-bond donors (Lipinski definition) is 2. The van der Waals surface area contributed by atoms with Crippen molar-refractivity contribution in [3.8, 4) is 0 Å². The molecule has 1 saturated heterocycles. The van der Waals surface area contributed by atoms with Gasteiger partial charge in [-0.2, -0.15) is 0 Å². The molecular formula is C11H19N3O4. The second-order valence-corrected chi connectivity index (χ2v) is 4.41. The molecule has 0 aliphatic carbocycles. The zero-order valence-electron chi connectivity index (χ0n) is 10.6. The lowest BCUT2D eigenvalue weighted by Crippen LogP contribution is -2.52. The Labute approximate surface area is 106 Å². The summed E-state index contributed by atoms with van der Waals surface area (Å²) in [7, 11) is 1.43. The standard InChI is InChI=1S/C11H19N3O4/c1-3-7(10(16)17)13(2)11(18)14-6-4-5-8(14)9(12)15/h7-8H,3-6H2,1-2H3,(H2,12,15)(H,16,17). The largest absolute Gasteiger partial charge is 0.480 e. The molecule has 7 nitrogen and oxygen atoms in total. The van der Waals surface area contributed by atoms with E-state index in [2.05, 4.69) is 0 Å². The number of rotatable bonds is 4. The van der Waals surface area contributed by atoms with Gasteiger partial charge >= 0.3 is 12.0 Å². The molecule has 1 aliphatic heterocycles. The predicted molar refractivity (Wildman–Crippen MR) is 63.8 cm³/mol. The molecule has 2 atom stereocenters. The third-order valence-electron chi connectivity index (χ3n) is 3.27. The highest BCUT2D eigenvalue weighted by Gasteiger charge is 2.36. The molecule has 3 N–H and O–H groups in total. The van der Waals surface area contributed by atoms with Crippen molar-refractivity contribution < 1.29 is 19.5 Å². The maximum Gasteiger partial charge on any atom is 0.326 e. The van der Waals surface area contributed by atoms with Gasteiger partial charge in [-0.3, -0.25) is 4.79 Å². The van der Waals surface area contributed by atoms with Crippen LogP contribution < -0.4 is 5.73 Å². The molecule has 3 amide bonds. The van der Waals surface area contributed by atoms with Gasteiger partial charge in [-0.1, -0.05) is 6.92 Å². The van der Waals surface area contributed by atoms with Crippen LogP contribution in [0.15, 0.2) is 0 Å². The van der Waals surface area contributed by atoms with Gasteiger partial charge in [-0.25, -0.2) is 9.59 Å². The number of likely N-dealkylation sites (tertiary alicyclic amines) is 1. The lowest BCUT2D eigenvalue weighted by atomic mass is 10.2. The molecule has 0 aromatic heterocycles. The monoisotopic (exact) mass is 257 g/mol.